The lowest BCUT2D eigenvalue weighted by molar-refractivity contribution is 0.0947. The van der Waals surface area contributed by atoms with Gasteiger partial charge in [-0.05, 0) is 52.3 Å². The molecule has 4 aromatic rings. The highest BCUT2D eigenvalue weighted by atomic mass is 16.6. The van der Waals surface area contributed by atoms with Gasteiger partial charge in [-0.1, -0.05) is 17.3 Å². The Bertz CT molecular complexity index is 1360. The van der Waals surface area contributed by atoms with Gasteiger partial charge >= 0.3 is 0 Å². The molecule has 7 N–H and O–H groups in total. The summed E-state index contributed by atoms with van der Waals surface area (Å²) in [5, 5.41) is 31.3. The molecular formula is C20H18N10O4. The van der Waals surface area contributed by atoms with E-state index in [1.807, 2.05) is 0 Å². The van der Waals surface area contributed by atoms with Crippen molar-refractivity contribution in [3.8, 4) is 11.6 Å². The van der Waals surface area contributed by atoms with Crippen molar-refractivity contribution in [3.63, 3.8) is 0 Å². The Hall–Kier alpha value is -5.27. The zero-order valence-corrected chi connectivity index (χ0v) is 17.4. The van der Waals surface area contributed by atoms with Crippen LogP contribution in [0.15, 0.2) is 58.3 Å². The number of nitrogens with two attached hydrogens (primary N) is 2. The molecule has 14 nitrogen and oxygen atoms in total. The summed E-state index contributed by atoms with van der Waals surface area (Å²) in [6.07, 6.45) is 1.39. The summed E-state index contributed by atoms with van der Waals surface area (Å²) in [7, 11) is 0. The van der Waals surface area contributed by atoms with Gasteiger partial charge in [-0.2, -0.15) is 9.78 Å². The molecule has 2 heterocycles. The third-order valence-corrected chi connectivity index (χ3v) is 4.59. The van der Waals surface area contributed by atoms with Gasteiger partial charge in [0.15, 0.2) is 5.69 Å². The van der Waals surface area contributed by atoms with E-state index in [0.717, 1.165) is 0 Å². The summed E-state index contributed by atoms with van der Waals surface area (Å²) in [4.78, 5) is 24.5. The van der Waals surface area contributed by atoms with E-state index in [2.05, 4.69) is 41.1 Å². The zero-order valence-electron chi connectivity index (χ0n) is 17.4. The molecule has 14 heteroatoms. The average molecular weight is 462 g/mol. The first-order valence-electron chi connectivity index (χ1n) is 9.72. The van der Waals surface area contributed by atoms with Crippen LogP contribution in [-0.4, -0.2) is 48.4 Å². The maximum absolute atomic E-state index is 12.8. The summed E-state index contributed by atoms with van der Waals surface area (Å²) in [5.41, 5.74) is 15.1. The lowest BCUT2D eigenvalue weighted by atomic mass is 10.1. The van der Waals surface area contributed by atoms with Gasteiger partial charge in [0.25, 0.3) is 11.8 Å². The third-order valence-electron chi connectivity index (χ3n) is 4.59. The molecule has 172 valence electrons. The van der Waals surface area contributed by atoms with Gasteiger partial charge in [0.1, 0.15) is 5.75 Å². The summed E-state index contributed by atoms with van der Waals surface area (Å²) in [5.74, 6) is -1.23. The van der Waals surface area contributed by atoms with E-state index >= 15 is 0 Å². The molecule has 0 unspecified atom stereocenters. The first-order valence-corrected chi connectivity index (χ1v) is 9.72. The number of nitrogen functional groups attached to an aromatic ring is 1. The van der Waals surface area contributed by atoms with Crippen LogP contribution in [0, 0.1) is 0 Å². The Balaban J connectivity index is 1.60. The molecule has 0 aliphatic carbocycles. The number of nitrogens with one attached hydrogen (secondary N) is 2. The fourth-order valence-electron chi connectivity index (χ4n) is 2.95. The van der Waals surface area contributed by atoms with Crippen LogP contribution in [0.3, 0.4) is 0 Å². The minimum absolute atomic E-state index is 0.0198. The SMILES string of the molecule is NC(=O)c1ccccc1NCc1c(C(=O)N/N=C\c2ccc(O)cc2)nnn1-c1nonc1N. The van der Waals surface area contributed by atoms with E-state index in [1.165, 1.54) is 23.0 Å². The number of hydrazone groups is 1. The van der Waals surface area contributed by atoms with Crippen LogP contribution in [0.2, 0.25) is 0 Å². The number of hydrogen-bond acceptors (Lipinski definition) is 11. The Morgan fingerprint density at radius 3 is 2.62 bits per heavy atom. The van der Waals surface area contributed by atoms with Gasteiger partial charge < -0.3 is 21.9 Å². The summed E-state index contributed by atoms with van der Waals surface area (Å²) in [6.45, 7) is -0.0198. The van der Waals surface area contributed by atoms with Gasteiger partial charge in [-0.3, -0.25) is 9.59 Å². The number of aromatic nitrogens is 5. The predicted molar refractivity (Wildman–Crippen MR) is 119 cm³/mol. The molecule has 34 heavy (non-hydrogen) atoms. The van der Waals surface area contributed by atoms with Gasteiger partial charge in [-0.25, -0.2) is 10.1 Å². The highest BCUT2D eigenvalue weighted by molar-refractivity contribution is 5.98. The fraction of sp³-hybridized carbons (Fsp3) is 0.0500. The van der Waals surface area contributed by atoms with Crippen molar-refractivity contribution in [2.75, 3.05) is 11.1 Å². The smallest absolute Gasteiger partial charge is 0.293 e. The average Bonchev–Trinajstić information content (AvgIpc) is 3.44. The second-order valence-corrected chi connectivity index (χ2v) is 6.82. The quantitative estimate of drug-likeness (QED) is 0.180. The van der Waals surface area contributed by atoms with Crippen molar-refractivity contribution >= 4 is 29.5 Å². The lowest BCUT2D eigenvalue weighted by Gasteiger charge is -2.11. The Labute approximate surface area is 191 Å². The van der Waals surface area contributed by atoms with Crippen LogP contribution < -0.4 is 22.2 Å². The number of primary amides is 1. The first kappa shape index (κ1) is 21.9. The number of nitrogens with zero attached hydrogens (tertiary/aromatic N) is 6. The molecule has 4 rings (SSSR count). The number of hydrogen-bond donors (Lipinski definition) is 5. The number of phenolic OH excluding ortho intramolecular Hbond substituents is 1. The summed E-state index contributed by atoms with van der Waals surface area (Å²) < 4.78 is 5.81. The van der Waals surface area contributed by atoms with Crippen LogP contribution in [0.4, 0.5) is 11.5 Å². The second-order valence-electron chi connectivity index (χ2n) is 6.82. The summed E-state index contributed by atoms with van der Waals surface area (Å²) >= 11 is 0. The summed E-state index contributed by atoms with van der Waals surface area (Å²) in [6, 6.07) is 12.8. The van der Waals surface area contributed by atoms with Gasteiger partial charge in [0.2, 0.25) is 11.6 Å². The number of amides is 2. The third kappa shape index (κ3) is 4.64. The largest absolute Gasteiger partial charge is 0.508 e. The van der Waals surface area contributed by atoms with E-state index in [1.54, 1.807) is 36.4 Å². The Kier molecular flexibility index (Phi) is 6.11. The van der Waals surface area contributed by atoms with Crippen LogP contribution >= 0.6 is 0 Å². The zero-order chi connectivity index (χ0) is 24.1. The monoisotopic (exact) mass is 462 g/mol. The van der Waals surface area contributed by atoms with E-state index in [-0.39, 0.29) is 40.9 Å². The number of anilines is 2. The number of phenols is 1. The van der Waals surface area contributed by atoms with E-state index in [9.17, 15) is 14.7 Å². The first-order chi connectivity index (χ1) is 16.4. The molecule has 0 fully saturated rings. The molecule has 0 bridgehead atoms. The topological polar surface area (TPSA) is 212 Å². The number of rotatable bonds is 8. The molecule has 0 aliphatic heterocycles. The fourth-order valence-corrected chi connectivity index (χ4v) is 2.95. The van der Waals surface area contributed by atoms with E-state index < -0.39 is 11.8 Å². The van der Waals surface area contributed by atoms with Gasteiger partial charge in [-0.15, -0.1) is 5.10 Å². The van der Waals surface area contributed by atoms with Crippen LogP contribution in [-0.2, 0) is 6.54 Å². The van der Waals surface area contributed by atoms with E-state index in [0.29, 0.717) is 11.3 Å². The van der Waals surface area contributed by atoms with Crippen molar-refractivity contribution in [3.05, 3.63) is 71.0 Å². The normalized spacial score (nSPS) is 10.9. The van der Waals surface area contributed by atoms with Crippen LogP contribution in [0.25, 0.3) is 5.82 Å². The number of carbonyl (C=O) groups is 2. The minimum Gasteiger partial charge on any atom is -0.508 e. The number of para-hydroxylation sites is 1. The van der Waals surface area contributed by atoms with Crippen molar-refractivity contribution in [1.82, 2.24) is 30.7 Å². The number of aromatic hydroxyl groups is 1. The number of benzene rings is 2. The molecule has 0 aliphatic rings. The van der Waals surface area contributed by atoms with E-state index in [4.69, 9.17) is 11.5 Å². The lowest BCUT2D eigenvalue weighted by Crippen LogP contribution is -2.22. The molecule has 0 atom stereocenters. The highest BCUT2D eigenvalue weighted by Crippen LogP contribution is 2.19. The van der Waals surface area contributed by atoms with Crippen molar-refractivity contribution in [2.24, 2.45) is 10.8 Å². The second kappa shape index (κ2) is 9.47. The molecule has 0 saturated heterocycles. The standard InChI is InChI=1S/C20H18N10O4/c21-17-19(28-34-27-17)30-15(10-23-14-4-2-1-3-13(14)18(22)32)16(25-29-30)20(33)26-24-9-11-5-7-12(31)8-6-11/h1-9,23,31H,10H2,(H2,21,27)(H2,22,32)(H,26,33)/b24-9-. The molecular weight excluding hydrogens is 444 g/mol. The Morgan fingerprint density at radius 1 is 1.15 bits per heavy atom. The molecule has 0 radical (unpaired) electrons. The van der Waals surface area contributed by atoms with Crippen molar-refractivity contribution in [2.45, 2.75) is 6.54 Å². The Morgan fingerprint density at radius 2 is 1.91 bits per heavy atom. The highest BCUT2D eigenvalue weighted by Gasteiger charge is 2.24. The van der Waals surface area contributed by atoms with Crippen LogP contribution in [0.5, 0.6) is 5.75 Å². The molecule has 2 aromatic carbocycles. The maximum atomic E-state index is 12.8. The van der Waals surface area contributed by atoms with Gasteiger partial charge in [0, 0.05) is 5.69 Å². The van der Waals surface area contributed by atoms with Gasteiger partial charge in [0.05, 0.1) is 24.0 Å². The number of carbonyl (C=O) groups excluding carboxylic acids is 2. The molecule has 0 saturated carbocycles. The maximum Gasteiger partial charge on any atom is 0.293 e. The predicted octanol–water partition coefficient (Wildman–Crippen LogP) is 0.413. The molecule has 2 amide bonds. The molecule has 0 spiro atoms. The molecule has 2 aromatic heterocycles. The van der Waals surface area contributed by atoms with Crippen LogP contribution in [0.1, 0.15) is 32.1 Å². The minimum atomic E-state index is -0.670. The van der Waals surface area contributed by atoms with Crippen molar-refractivity contribution < 1.29 is 19.3 Å². The van der Waals surface area contributed by atoms with Crippen molar-refractivity contribution in [1.29, 1.82) is 0 Å².